The zero-order chi connectivity index (χ0) is 15.0. The topological polar surface area (TPSA) is 57.2 Å². The Hall–Kier alpha value is -1.28. The first-order valence-electron chi connectivity index (χ1n) is 7.36. The molecule has 4 unspecified atom stereocenters. The maximum Gasteiger partial charge on any atom is 0.290 e. The Morgan fingerprint density at radius 2 is 2.29 bits per heavy atom. The largest absolute Gasteiger partial charge is 0.444 e. The van der Waals surface area contributed by atoms with Crippen molar-refractivity contribution in [3.8, 4) is 6.07 Å². The molecule has 4 nitrogen and oxygen atoms in total. The van der Waals surface area contributed by atoms with E-state index in [0.29, 0.717) is 22.9 Å². The molecule has 1 aromatic heterocycles. The van der Waals surface area contributed by atoms with Crippen molar-refractivity contribution in [3.63, 3.8) is 0 Å². The Bertz CT molecular complexity index is 693. The molecule has 1 aromatic rings. The third kappa shape index (κ3) is 1.25. The second-order valence-corrected chi connectivity index (χ2v) is 7.94. The highest BCUT2D eigenvalue weighted by molar-refractivity contribution is 9.10. The number of carbonyl (C=O) groups excluding carboxylic acids is 1. The lowest BCUT2D eigenvalue weighted by Gasteiger charge is -2.42. The van der Waals surface area contributed by atoms with E-state index in [1.807, 2.05) is 0 Å². The second-order valence-electron chi connectivity index (χ2n) is 7.16. The number of piperidine rings is 1. The first-order chi connectivity index (χ1) is 9.88. The first-order valence-corrected chi connectivity index (χ1v) is 8.16. The summed E-state index contributed by atoms with van der Waals surface area (Å²) in [5.41, 5.74) is -0.706. The number of nitrogens with zero attached hydrogens (tertiary/aromatic N) is 2. The smallest absolute Gasteiger partial charge is 0.290 e. The molecule has 1 saturated heterocycles. The third-order valence-electron chi connectivity index (χ3n) is 6.77. The molecular weight excluding hydrogens is 332 g/mol. The van der Waals surface area contributed by atoms with Crippen LogP contribution < -0.4 is 0 Å². The van der Waals surface area contributed by atoms with Gasteiger partial charge in [0.2, 0.25) is 0 Å². The van der Waals surface area contributed by atoms with Crippen LogP contribution in [-0.2, 0) is 0 Å². The average molecular weight is 349 g/mol. The van der Waals surface area contributed by atoms with Gasteiger partial charge in [0, 0.05) is 12.0 Å². The number of likely N-dealkylation sites (tertiary alicyclic amines) is 1. The van der Waals surface area contributed by atoms with Crippen LogP contribution in [0.2, 0.25) is 0 Å². The van der Waals surface area contributed by atoms with Crippen LogP contribution in [0.25, 0.3) is 0 Å². The quantitative estimate of drug-likeness (QED) is 0.779. The fourth-order valence-electron chi connectivity index (χ4n) is 5.32. The minimum Gasteiger partial charge on any atom is -0.444 e. The summed E-state index contributed by atoms with van der Waals surface area (Å²) in [5.74, 6) is 0.721. The molecule has 0 radical (unpaired) electrons. The van der Waals surface area contributed by atoms with Gasteiger partial charge >= 0.3 is 0 Å². The van der Waals surface area contributed by atoms with Gasteiger partial charge in [-0.1, -0.05) is 13.8 Å². The van der Waals surface area contributed by atoms with Gasteiger partial charge in [0.1, 0.15) is 5.54 Å². The van der Waals surface area contributed by atoms with E-state index in [4.69, 9.17) is 4.42 Å². The highest BCUT2D eigenvalue weighted by Crippen LogP contribution is 2.75. The van der Waals surface area contributed by atoms with Crippen LogP contribution in [0.4, 0.5) is 0 Å². The predicted molar refractivity (Wildman–Crippen MR) is 79.3 cm³/mol. The Labute approximate surface area is 132 Å². The van der Waals surface area contributed by atoms with Crippen LogP contribution in [-0.4, -0.2) is 22.9 Å². The summed E-state index contributed by atoms with van der Waals surface area (Å²) >= 11 is 3.23. The zero-order valence-corrected chi connectivity index (χ0v) is 13.7. The molecule has 3 aliphatic rings. The standard InChI is InChI=1S/C16H17BrN2O2/c1-14-9-19(13(20)11-3-4-12(17)21-11)16(8-18)7-10(14)5-6-15(14,16)2/h3-4,10H,5-7,9H2,1-2H3. The Morgan fingerprint density at radius 1 is 1.52 bits per heavy atom. The molecule has 1 amide bonds. The van der Waals surface area contributed by atoms with Crippen LogP contribution in [0.1, 0.15) is 43.7 Å². The minimum absolute atomic E-state index is 0.0578. The first kappa shape index (κ1) is 13.4. The number of rotatable bonds is 1. The lowest BCUT2D eigenvalue weighted by Crippen LogP contribution is -2.54. The highest BCUT2D eigenvalue weighted by Gasteiger charge is 2.79. The maximum absolute atomic E-state index is 12.8. The molecule has 4 bridgehead atoms. The molecule has 3 fully saturated rings. The van der Waals surface area contributed by atoms with E-state index in [1.165, 1.54) is 6.42 Å². The van der Waals surface area contributed by atoms with Crippen molar-refractivity contribution in [1.29, 1.82) is 5.26 Å². The summed E-state index contributed by atoms with van der Waals surface area (Å²) in [5, 5.41) is 9.93. The number of hydrogen-bond acceptors (Lipinski definition) is 3. The van der Waals surface area contributed by atoms with E-state index in [2.05, 4.69) is 35.8 Å². The van der Waals surface area contributed by atoms with Gasteiger partial charge in [-0.05, 0) is 58.7 Å². The van der Waals surface area contributed by atoms with Gasteiger partial charge in [-0.25, -0.2) is 0 Å². The molecule has 4 atom stereocenters. The minimum atomic E-state index is -0.666. The summed E-state index contributed by atoms with van der Waals surface area (Å²) in [6.07, 6.45) is 3.03. The highest BCUT2D eigenvalue weighted by atomic mass is 79.9. The number of carbonyl (C=O) groups is 1. The Kier molecular flexibility index (Phi) is 2.38. The van der Waals surface area contributed by atoms with Gasteiger partial charge in [0.15, 0.2) is 10.4 Å². The monoisotopic (exact) mass is 348 g/mol. The molecule has 110 valence electrons. The second kappa shape index (κ2) is 3.73. The number of amides is 1. The number of furan rings is 1. The molecule has 2 saturated carbocycles. The maximum atomic E-state index is 12.8. The summed E-state index contributed by atoms with van der Waals surface area (Å²) in [4.78, 5) is 14.6. The molecule has 21 heavy (non-hydrogen) atoms. The van der Waals surface area contributed by atoms with Gasteiger partial charge in [-0.3, -0.25) is 4.79 Å². The van der Waals surface area contributed by atoms with Crippen LogP contribution in [0.15, 0.2) is 21.2 Å². The molecule has 2 aliphatic carbocycles. The Morgan fingerprint density at radius 3 is 2.86 bits per heavy atom. The predicted octanol–water partition coefficient (Wildman–Crippen LogP) is 3.59. The molecule has 5 heteroatoms. The molecule has 0 aromatic carbocycles. The van der Waals surface area contributed by atoms with Gasteiger partial charge < -0.3 is 9.32 Å². The molecule has 4 rings (SSSR count). The van der Waals surface area contributed by atoms with E-state index < -0.39 is 5.54 Å². The fraction of sp³-hybridized carbons (Fsp3) is 0.625. The summed E-state index contributed by atoms with van der Waals surface area (Å²) in [7, 11) is 0. The summed E-state index contributed by atoms with van der Waals surface area (Å²) in [6, 6.07) is 5.92. The van der Waals surface area contributed by atoms with E-state index >= 15 is 0 Å². The van der Waals surface area contributed by atoms with E-state index in [1.54, 1.807) is 17.0 Å². The van der Waals surface area contributed by atoms with Crippen LogP contribution in [0.5, 0.6) is 0 Å². The molecule has 1 aliphatic heterocycles. The lowest BCUT2D eigenvalue weighted by molar-refractivity contribution is 0.0399. The van der Waals surface area contributed by atoms with Crippen molar-refractivity contribution >= 4 is 21.8 Å². The number of nitriles is 1. The van der Waals surface area contributed by atoms with Crippen LogP contribution in [0, 0.1) is 28.1 Å². The molecule has 2 heterocycles. The van der Waals surface area contributed by atoms with Crippen molar-refractivity contribution in [2.45, 2.75) is 38.6 Å². The van der Waals surface area contributed by atoms with Gasteiger partial charge in [-0.2, -0.15) is 5.26 Å². The normalized spacial score (nSPS) is 43.3. The Balaban J connectivity index is 1.80. The summed E-state index contributed by atoms with van der Waals surface area (Å²) in [6.45, 7) is 5.13. The zero-order valence-electron chi connectivity index (χ0n) is 12.1. The van der Waals surface area contributed by atoms with Crippen LogP contribution in [0.3, 0.4) is 0 Å². The van der Waals surface area contributed by atoms with Gasteiger partial charge in [0.05, 0.1) is 6.07 Å². The van der Waals surface area contributed by atoms with Gasteiger partial charge in [0.25, 0.3) is 5.91 Å². The van der Waals surface area contributed by atoms with E-state index in [0.717, 1.165) is 12.8 Å². The van der Waals surface area contributed by atoms with Gasteiger partial charge in [-0.15, -0.1) is 0 Å². The van der Waals surface area contributed by atoms with Crippen molar-refractivity contribution in [3.05, 3.63) is 22.6 Å². The van der Waals surface area contributed by atoms with E-state index in [-0.39, 0.29) is 16.7 Å². The molecule has 0 spiro atoms. The summed E-state index contributed by atoms with van der Waals surface area (Å²) < 4.78 is 5.96. The molecule has 0 N–H and O–H groups in total. The molecular formula is C16H17BrN2O2. The SMILES string of the molecule is CC12CN(C(=O)c3ccc(Br)o3)C3(C#N)CC1CCC23C. The van der Waals surface area contributed by atoms with Crippen molar-refractivity contribution in [2.75, 3.05) is 6.54 Å². The number of hydrogen-bond donors (Lipinski definition) is 0. The van der Waals surface area contributed by atoms with Crippen molar-refractivity contribution in [1.82, 2.24) is 4.90 Å². The number of halogens is 1. The van der Waals surface area contributed by atoms with Crippen LogP contribution >= 0.6 is 15.9 Å². The third-order valence-corrected chi connectivity index (χ3v) is 7.20. The lowest BCUT2D eigenvalue weighted by atomic mass is 9.66. The average Bonchev–Trinajstić information content (AvgIpc) is 3.10. The van der Waals surface area contributed by atoms with Crippen molar-refractivity contribution in [2.24, 2.45) is 16.7 Å². The fourth-order valence-corrected chi connectivity index (χ4v) is 5.62. The van der Waals surface area contributed by atoms with E-state index in [9.17, 15) is 10.1 Å². The van der Waals surface area contributed by atoms with Crippen molar-refractivity contribution < 1.29 is 9.21 Å².